The fourth-order valence-electron chi connectivity index (χ4n) is 1.70. The molecule has 0 fully saturated rings. The summed E-state index contributed by atoms with van der Waals surface area (Å²) in [4.78, 5) is 16.2. The van der Waals surface area contributed by atoms with Gasteiger partial charge in [-0.05, 0) is 47.1 Å². The Morgan fingerprint density at radius 2 is 2.10 bits per heavy atom. The standard InChI is InChI=1S/C14H12Br2FN3O/c1-2-18-13-10(6-9(17)7-19-13)14(21)20-12-5-8(15)3-4-11(12)16/h3-7H,2H2,1H3,(H,18,19)(H,20,21). The Morgan fingerprint density at radius 3 is 2.81 bits per heavy atom. The zero-order valence-electron chi connectivity index (χ0n) is 11.1. The van der Waals surface area contributed by atoms with Crippen molar-refractivity contribution < 1.29 is 9.18 Å². The Hall–Kier alpha value is -1.47. The topological polar surface area (TPSA) is 54.0 Å². The minimum atomic E-state index is -0.560. The lowest BCUT2D eigenvalue weighted by Gasteiger charge is -2.11. The van der Waals surface area contributed by atoms with Crippen molar-refractivity contribution in [3.05, 3.63) is 50.8 Å². The zero-order valence-corrected chi connectivity index (χ0v) is 14.3. The normalized spacial score (nSPS) is 10.3. The molecule has 21 heavy (non-hydrogen) atoms. The molecule has 0 unspecified atom stereocenters. The number of rotatable bonds is 4. The van der Waals surface area contributed by atoms with Gasteiger partial charge in [0.25, 0.3) is 5.91 Å². The number of hydrogen-bond donors (Lipinski definition) is 2. The van der Waals surface area contributed by atoms with Gasteiger partial charge in [0.05, 0.1) is 17.4 Å². The van der Waals surface area contributed by atoms with Crippen LogP contribution in [0.4, 0.5) is 15.9 Å². The van der Waals surface area contributed by atoms with Crippen LogP contribution in [0.5, 0.6) is 0 Å². The molecule has 110 valence electrons. The molecule has 0 spiro atoms. The number of amides is 1. The number of pyridine rings is 1. The van der Waals surface area contributed by atoms with Crippen LogP contribution in [0.1, 0.15) is 17.3 Å². The quantitative estimate of drug-likeness (QED) is 0.775. The van der Waals surface area contributed by atoms with E-state index < -0.39 is 11.7 Å². The summed E-state index contributed by atoms with van der Waals surface area (Å²) >= 11 is 6.69. The van der Waals surface area contributed by atoms with Crippen molar-refractivity contribution in [2.45, 2.75) is 6.92 Å². The molecule has 1 amide bonds. The molecule has 0 aliphatic rings. The van der Waals surface area contributed by atoms with Gasteiger partial charge in [0.1, 0.15) is 11.6 Å². The summed E-state index contributed by atoms with van der Waals surface area (Å²) in [5.74, 6) is -0.644. The Labute approximate surface area is 138 Å². The number of nitrogens with zero attached hydrogens (tertiary/aromatic N) is 1. The second-order valence-corrected chi connectivity index (χ2v) is 5.93. The van der Waals surface area contributed by atoms with Gasteiger partial charge >= 0.3 is 0 Å². The van der Waals surface area contributed by atoms with Gasteiger partial charge in [-0.3, -0.25) is 4.79 Å². The minimum Gasteiger partial charge on any atom is -0.370 e. The number of benzene rings is 1. The maximum Gasteiger partial charge on any atom is 0.259 e. The first-order chi connectivity index (χ1) is 10.0. The zero-order chi connectivity index (χ0) is 15.4. The monoisotopic (exact) mass is 415 g/mol. The minimum absolute atomic E-state index is 0.156. The SMILES string of the molecule is CCNc1ncc(F)cc1C(=O)Nc1cc(Br)ccc1Br. The van der Waals surface area contributed by atoms with E-state index >= 15 is 0 Å². The number of hydrogen-bond acceptors (Lipinski definition) is 3. The first kappa shape index (κ1) is 15.9. The van der Waals surface area contributed by atoms with Gasteiger partial charge < -0.3 is 10.6 Å². The van der Waals surface area contributed by atoms with Gasteiger partial charge in [-0.15, -0.1) is 0 Å². The highest BCUT2D eigenvalue weighted by molar-refractivity contribution is 9.11. The number of carbonyl (C=O) groups is 1. The molecule has 0 radical (unpaired) electrons. The summed E-state index contributed by atoms with van der Waals surface area (Å²) in [7, 11) is 0. The third kappa shape index (κ3) is 4.01. The second kappa shape index (κ2) is 7.00. The van der Waals surface area contributed by atoms with E-state index in [0.717, 1.165) is 21.2 Å². The smallest absolute Gasteiger partial charge is 0.259 e. The molecule has 0 saturated carbocycles. The van der Waals surface area contributed by atoms with Gasteiger partial charge in [0.2, 0.25) is 0 Å². The molecule has 1 aromatic heterocycles. The summed E-state index contributed by atoms with van der Waals surface area (Å²) in [6.07, 6.45) is 1.07. The van der Waals surface area contributed by atoms with Gasteiger partial charge in [0, 0.05) is 15.5 Å². The van der Waals surface area contributed by atoms with Crippen molar-refractivity contribution in [1.82, 2.24) is 4.98 Å². The Balaban J connectivity index is 2.31. The van der Waals surface area contributed by atoms with Crippen LogP contribution >= 0.6 is 31.9 Å². The van der Waals surface area contributed by atoms with Crippen LogP contribution in [0.3, 0.4) is 0 Å². The van der Waals surface area contributed by atoms with Crippen molar-refractivity contribution in [1.29, 1.82) is 0 Å². The molecule has 0 aliphatic heterocycles. The molecule has 0 atom stereocenters. The molecule has 0 saturated heterocycles. The molecule has 1 heterocycles. The van der Waals surface area contributed by atoms with Crippen LogP contribution < -0.4 is 10.6 Å². The third-order valence-corrected chi connectivity index (χ3v) is 3.80. The van der Waals surface area contributed by atoms with Gasteiger partial charge in [-0.1, -0.05) is 15.9 Å². The van der Waals surface area contributed by atoms with E-state index in [4.69, 9.17) is 0 Å². The number of carbonyl (C=O) groups excluding carboxylic acids is 1. The van der Waals surface area contributed by atoms with Crippen molar-refractivity contribution >= 4 is 49.3 Å². The van der Waals surface area contributed by atoms with Crippen LogP contribution in [0.2, 0.25) is 0 Å². The maximum atomic E-state index is 13.3. The first-order valence-electron chi connectivity index (χ1n) is 6.17. The largest absolute Gasteiger partial charge is 0.370 e. The third-order valence-electron chi connectivity index (χ3n) is 2.62. The van der Waals surface area contributed by atoms with E-state index in [1.165, 1.54) is 0 Å². The summed E-state index contributed by atoms with van der Waals surface area (Å²) < 4.78 is 14.9. The van der Waals surface area contributed by atoms with Crippen LogP contribution in [-0.4, -0.2) is 17.4 Å². The van der Waals surface area contributed by atoms with E-state index in [1.54, 1.807) is 12.1 Å². The fraction of sp³-hybridized carbons (Fsp3) is 0.143. The highest BCUT2D eigenvalue weighted by atomic mass is 79.9. The average Bonchev–Trinajstić information content (AvgIpc) is 2.45. The molecule has 2 N–H and O–H groups in total. The highest BCUT2D eigenvalue weighted by Gasteiger charge is 2.15. The van der Waals surface area contributed by atoms with Crippen molar-refractivity contribution in [2.24, 2.45) is 0 Å². The van der Waals surface area contributed by atoms with E-state index in [2.05, 4.69) is 47.5 Å². The lowest BCUT2D eigenvalue weighted by atomic mass is 10.2. The summed E-state index contributed by atoms with van der Waals surface area (Å²) in [6.45, 7) is 2.46. The fourth-order valence-corrected chi connectivity index (χ4v) is 2.41. The van der Waals surface area contributed by atoms with E-state index in [9.17, 15) is 9.18 Å². The van der Waals surface area contributed by atoms with E-state index in [-0.39, 0.29) is 5.56 Å². The summed E-state index contributed by atoms with van der Waals surface area (Å²) in [6, 6.07) is 6.55. The maximum absolute atomic E-state index is 13.3. The van der Waals surface area contributed by atoms with Gasteiger partial charge in [0.15, 0.2) is 0 Å². The van der Waals surface area contributed by atoms with E-state index in [0.29, 0.717) is 18.1 Å². The molecule has 2 rings (SSSR count). The van der Waals surface area contributed by atoms with Gasteiger partial charge in [-0.25, -0.2) is 9.37 Å². The molecular formula is C14H12Br2FN3O. The predicted octanol–water partition coefficient (Wildman–Crippen LogP) is 4.43. The van der Waals surface area contributed by atoms with Crippen LogP contribution in [0.25, 0.3) is 0 Å². The number of nitrogens with one attached hydrogen (secondary N) is 2. The average molecular weight is 417 g/mol. The molecule has 1 aromatic carbocycles. The van der Waals surface area contributed by atoms with Crippen molar-refractivity contribution in [3.8, 4) is 0 Å². The van der Waals surface area contributed by atoms with Crippen LogP contribution in [0.15, 0.2) is 39.4 Å². The summed E-state index contributed by atoms with van der Waals surface area (Å²) in [5.41, 5.74) is 0.741. The Morgan fingerprint density at radius 1 is 1.33 bits per heavy atom. The van der Waals surface area contributed by atoms with Crippen LogP contribution in [-0.2, 0) is 0 Å². The number of halogens is 3. The predicted molar refractivity (Wildman–Crippen MR) is 88.2 cm³/mol. The molecule has 7 heteroatoms. The van der Waals surface area contributed by atoms with Crippen LogP contribution in [0, 0.1) is 5.82 Å². The molecule has 0 aliphatic carbocycles. The highest BCUT2D eigenvalue weighted by Crippen LogP contribution is 2.27. The van der Waals surface area contributed by atoms with Crippen molar-refractivity contribution in [2.75, 3.05) is 17.2 Å². The lowest BCUT2D eigenvalue weighted by Crippen LogP contribution is -2.16. The second-order valence-electron chi connectivity index (χ2n) is 4.16. The lowest BCUT2D eigenvalue weighted by molar-refractivity contribution is 0.102. The van der Waals surface area contributed by atoms with Gasteiger partial charge in [-0.2, -0.15) is 0 Å². The number of anilines is 2. The number of aromatic nitrogens is 1. The Bertz CT molecular complexity index is 679. The summed E-state index contributed by atoms with van der Waals surface area (Å²) in [5, 5.41) is 5.67. The van der Waals surface area contributed by atoms with E-state index in [1.807, 2.05) is 13.0 Å². The molecule has 0 bridgehead atoms. The molecular weight excluding hydrogens is 405 g/mol. The van der Waals surface area contributed by atoms with Crippen molar-refractivity contribution in [3.63, 3.8) is 0 Å². The first-order valence-corrected chi connectivity index (χ1v) is 7.75. The molecule has 4 nitrogen and oxygen atoms in total. The molecule has 2 aromatic rings. The Kier molecular flexibility index (Phi) is 5.30.